The van der Waals surface area contributed by atoms with Crippen molar-refractivity contribution in [1.82, 2.24) is 25.1 Å². The molecule has 1 aromatic carbocycles. The number of likely N-dealkylation sites (tertiary alicyclic amines) is 1. The maximum atomic E-state index is 12.5. The molecule has 1 aliphatic rings. The first-order valence-corrected chi connectivity index (χ1v) is 8.05. The molecule has 0 radical (unpaired) electrons. The molecular weight excluding hydrogens is 324 g/mol. The lowest BCUT2D eigenvalue weighted by molar-refractivity contribution is -0.128. The van der Waals surface area contributed by atoms with Crippen LogP contribution < -0.4 is 10.1 Å². The van der Waals surface area contributed by atoms with Crippen molar-refractivity contribution in [1.29, 1.82) is 0 Å². The lowest BCUT2D eigenvalue weighted by Gasteiger charge is -2.15. The number of tetrazole rings is 1. The van der Waals surface area contributed by atoms with E-state index in [1.807, 2.05) is 6.92 Å². The van der Waals surface area contributed by atoms with E-state index in [2.05, 4.69) is 20.8 Å². The maximum absolute atomic E-state index is 12.5. The summed E-state index contributed by atoms with van der Waals surface area (Å²) in [5.74, 6) is 0.687. The third-order valence-electron chi connectivity index (χ3n) is 4.27. The summed E-state index contributed by atoms with van der Waals surface area (Å²) in [4.78, 5) is 26.0. The molecule has 0 bridgehead atoms. The average Bonchev–Trinajstić information content (AvgIpc) is 3.20. The summed E-state index contributed by atoms with van der Waals surface area (Å²) in [6.07, 6.45) is 0.245. The van der Waals surface area contributed by atoms with Gasteiger partial charge < -0.3 is 15.0 Å². The normalized spacial score (nSPS) is 17.0. The van der Waals surface area contributed by atoms with E-state index in [1.165, 1.54) is 4.68 Å². The highest BCUT2D eigenvalue weighted by Crippen LogP contribution is 2.27. The van der Waals surface area contributed by atoms with Gasteiger partial charge in [0.25, 0.3) is 0 Å². The van der Waals surface area contributed by atoms with Crippen LogP contribution in [-0.2, 0) is 9.59 Å². The molecule has 25 heavy (non-hydrogen) atoms. The van der Waals surface area contributed by atoms with Crippen LogP contribution in [0.2, 0.25) is 0 Å². The predicted octanol–water partition coefficient (Wildman–Crippen LogP) is 0.786. The molecule has 1 N–H and O–H groups in total. The molecule has 9 heteroatoms. The number of hydrogen-bond donors (Lipinski definition) is 1. The summed E-state index contributed by atoms with van der Waals surface area (Å²) < 4.78 is 6.88. The molecule has 2 amide bonds. The lowest BCUT2D eigenvalue weighted by atomic mass is 10.1. The molecule has 9 nitrogen and oxygen atoms in total. The van der Waals surface area contributed by atoms with Crippen LogP contribution in [0.25, 0.3) is 5.69 Å². The Balaban J connectivity index is 1.81. The zero-order chi connectivity index (χ0) is 18.0. The lowest BCUT2D eigenvalue weighted by Crippen LogP contribution is -2.28. The van der Waals surface area contributed by atoms with Crippen molar-refractivity contribution in [3.05, 3.63) is 24.0 Å². The number of ether oxygens (including phenoxy) is 1. The van der Waals surface area contributed by atoms with Gasteiger partial charge in [-0.3, -0.25) is 9.59 Å². The number of nitrogens with one attached hydrogen (secondary N) is 1. The third-order valence-corrected chi connectivity index (χ3v) is 4.27. The van der Waals surface area contributed by atoms with E-state index in [0.717, 1.165) is 0 Å². The van der Waals surface area contributed by atoms with Gasteiger partial charge in [0.15, 0.2) is 5.82 Å². The number of nitrogens with zero attached hydrogens (tertiary/aromatic N) is 5. The fourth-order valence-electron chi connectivity index (χ4n) is 2.89. The second kappa shape index (κ2) is 6.88. The van der Waals surface area contributed by atoms with Gasteiger partial charge in [0.1, 0.15) is 11.4 Å². The standard InChI is InChI=1S/C16H20N6O3/c1-4-21-9-11(7-15(21)23)16(24)17-12-5-6-14(25-3)13(8-12)22-10(2)18-19-20-22/h5-6,8,11H,4,7,9H2,1-3H3,(H,17,24). The number of benzene rings is 1. The second-order valence-corrected chi connectivity index (χ2v) is 5.85. The minimum Gasteiger partial charge on any atom is -0.494 e. The van der Waals surface area contributed by atoms with E-state index >= 15 is 0 Å². The van der Waals surface area contributed by atoms with Crippen LogP contribution in [0.3, 0.4) is 0 Å². The summed E-state index contributed by atoms with van der Waals surface area (Å²) in [7, 11) is 1.56. The summed E-state index contributed by atoms with van der Waals surface area (Å²) in [5.41, 5.74) is 1.22. The first-order valence-electron chi connectivity index (χ1n) is 8.05. The number of anilines is 1. The quantitative estimate of drug-likeness (QED) is 0.860. The number of aromatic nitrogens is 4. The third kappa shape index (κ3) is 3.30. The SMILES string of the molecule is CCN1CC(C(=O)Nc2ccc(OC)c(-n3nnnc3C)c2)CC1=O. The Labute approximate surface area is 144 Å². The fourth-order valence-corrected chi connectivity index (χ4v) is 2.89. The molecule has 1 fully saturated rings. The van der Waals surface area contributed by atoms with Gasteiger partial charge in [0.05, 0.1) is 13.0 Å². The van der Waals surface area contributed by atoms with Crippen molar-refractivity contribution in [2.45, 2.75) is 20.3 Å². The minimum atomic E-state index is -0.340. The van der Waals surface area contributed by atoms with Gasteiger partial charge in [-0.25, -0.2) is 0 Å². The molecule has 1 aliphatic heterocycles. The van der Waals surface area contributed by atoms with Crippen molar-refractivity contribution in [2.24, 2.45) is 5.92 Å². The van der Waals surface area contributed by atoms with Crippen LogP contribution in [0.1, 0.15) is 19.2 Å². The van der Waals surface area contributed by atoms with E-state index in [-0.39, 0.29) is 24.2 Å². The highest BCUT2D eigenvalue weighted by molar-refractivity contribution is 5.97. The van der Waals surface area contributed by atoms with Gasteiger partial charge in [-0.2, -0.15) is 4.68 Å². The molecule has 1 aromatic heterocycles. The van der Waals surface area contributed by atoms with E-state index in [0.29, 0.717) is 36.0 Å². The minimum absolute atomic E-state index is 0.0161. The number of amides is 2. The summed E-state index contributed by atoms with van der Waals surface area (Å²) >= 11 is 0. The zero-order valence-electron chi connectivity index (χ0n) is 14.4. The van der Waals surface area contributed by atoms with Crippen molar-refractivity contribution in [3.63, 3.8) is 0 Å². The largest absolute Gasteiger partial charge is 0.494 e. The Kier molecular flexibility index (Phi) is 4.64. The molecule has 0 spiro atoms. The van der Waals surface area contributed by atoms with Crippen molar-refractivity contribution in [2.75, 3.05) is 25.5 Å². The Morgan fingerprint density at radius 1 is 1.44 bits per heavy atom. The molecule has 3 rings (SSSR count). The van der Waals surface area contributed by atoms with Crippen molar-refractivity contribution >= 4 is 17.5 Å². The highest BCUT2D eigenvalue weighted by Gasteiger charge is 2.33. The molecule has 1 atom stereocenters. The average molecular weight is 344 g/mol. The smallest absolute Gasteiger partial charge is 0.229 e. The van der Waals surface area contributed by atoms with E-state index < -0.39 is 0 Å². The van der Waals surface area contributed by atoms with Crippen LogP contribution in [0, 0.1) is 12.8 Å². The Morgan fingerprint density at radius 2 is 2.24 bits per heavy atom. The number of methoxy groups -OCH3 is 1. The molecule has 0 aliphatic carbocycles. The number of carbonyl (C=O) groups is 2. The maximum Gasteiger partial charge on any atom is 0.229 e. The summed E-state index contributed by atoms with van der Waals surface area (Å²) in [6, 6.07) is 5.23. The van der Waals surface area contributed by atoms with Gasteiger partial charge in [0.2, 0.25) is 11.8 Å². The van der Waals surface area contributed by atoms with Crippen LogP contribution >= 0.6 is 0 Å². The van der Waals surface area contributed by atoms with Crippen LogP contribution in [0.5, 0.6) is 5.75 Å². The first kappa shape index (κ1) is 16.9. The van der Waals surface area contributed by atoms with Crippen LogP contribution in [-0.4, -0.2) is 57.1 Å². The Bertz CT molecular complexity index is 803. The van der Waals surface area contributed by atoms with Crippen molar-refractivity contribution < 1.29 is 14.3 Å². The predicted molar refractivity (Wildman–Crippen MR) is 89.4 cm³/mol. The molecule has 0 saturated carbocycles. The van der Waals surface area contributed by atoms with Gasteiger partial charge in [-0.15, -0.1) is 5.10 Å². The van der Waals surface area contributed by atoms with Crippen LogP contribution in [0.15, 0.2) is 18.2 Å². The van der Waals surface area contributed by atoms with Gasteiger partial charge >= 0.3 is 0 Å². The zero-order valence-corrected chi connectivity index (χ0v) is 14.4. The molecule has 2 heterocycles. The number of aryl methyl sites for hydroxylation is 1. The van der Waals surface area contributed by atoms with Gasteiger partial charge in [-0.05, 0) is 42.5 Å². The molecule has 132 valence electrons. The van der Waals surface area contributed by atoms with Crippen molar-refractivity contribution in [3.8, 4) is 11.4 Å². The number of rotatable bonds is 5. The van der Waals surface area contributed by atoms with Gasteiger partial charge in [-0.1, -0.05) is 0 Å². The Hall–Kier alpha value is -2.97. The Morgan fingerprint density at radius 3 is 2.84 bits per heavy atom. The van der Waals surface area contributed by atoms with Crippen LogP contribution in [0.4, 0.5) is 5.69 Å². The summed E-state index contributed by atoms with van der Waals surface area (Å²) in [6.45, 7) is 4.75. The first-order chi connectivity index (χ1) is 12.0. The van der Waals surface area contributed by atoms with Gasteiger partial charge in [0, 0.05) is 25.2 Å². The second-order valence-electron chi connectivity index (χ2n) is 5.85. The van der Waals surface area contributed by atoms with E-state index in [1.54, 1.807) is 37.1 Å². The molecule has 2 aromatic rings. The molecule has 1 saturated heterocycles. The monoisotopic (exact) mass is 344 g/mol. The summed E-state index contributed by atoms with van der Waals surface area (Å²) in [5, 5.41) is 14.3. The molecular formula is C16H20N6O3. The number of hydrogen-bond acceptors (Lipinski definition) is 6. The van der Waals surface area contributed by atoms with E-state index in [4.69, 9.17) is 4.74 Å². The molecule has 1 unspecified atom stereocenters. The van der Waals surface area contributed by atoms with E-state index in [9.17, 15) is 9.59 Å². The highest BCUT2D eigenvalue weighted by atomic mass is 16.5. The fraction of sp³-hybridized carbons (Fsp3) is 0.438. The topological polar surface area (TPSA) is 102 Å². The number of carbonyl (C=O) groups excluding carboxylic acids is 2.